The third-order valence-corrected chi connectivity index (χ3v) is 6.31. The number of carbonyl (C=O) groups is 1. The zero-order valence-corrected chi connectivity index (χ0v) is 17.7. The number of carbonyl (C=O) groups excluding carboxylic acids is 1. The van der Waals surface area contributed by atoms with Gasteiger partial charge < -0.3 is 14.4 Å². The van der Waals surface area contributed by atoms with Crippen LogP contribution in [0, 0.1) is 0 Å². The van der Waals surface area contributed by atoms with Crippen LogP contribution in [0.3, 0.4) is 0 Å². The van der Waals surface area contributed by atoms with Gasteiger partial charge in [-0.1, -0.05) is 18.2 Å². The van der Waals surface area contributed by atoms with Crippen molar-refractivity contribution in [3.05, 3.63) is 59.2 Å². The minimum absolute atomic E-state index is 0.0410. The Balaban J connectivity index is 1.29. The Kier molecular flexibility index (Phi) is 4.94. The number of amides is 1. The standard InChI is InChI=1S/C23H25N5O3/c1-27-25-21(24-26-27)16-3-5-17(6-4-16)22(29)28-12-10-23(11-13-28)20-8-7-19(30-2)15-18(20)9-14-31-23/h3-8,15H,9-14H2,1-2H3. The van der Waals surface area contributed by atoms with Gasteiger partial charge in [0.15, 0.2) is 0 Å². The van der Waals surface area contributed by atoms with Gasteiger partial charge in [0, 0.05) is 24.2 Å². The molecule has 160 valence electrons. The summed E-state index contributed by atoms with van der Waals surface area (Å²) in [5, 5.41) is 12.1. The van der Waals surface area contributed by atoms with Crippen LogP contribution in [0.1, 0.15) is 34.3 Å². The summed E-state index contributed by atoms with van der Waals surface area (Å²) in [6, 6.07) is 13.6. The molecule has 3 aromatic rings. The van der Waals surface area contributed by atoms with Gasteiger partial charge in [0.2, 0.25) is 5.82 Å². The van der Waals surface area contributed by atoms with Gasteiger partial charge in [-0.05, 0) is 59.9 Å². The van der Waals surface area contributed by atoms with E-state index in [9.17, 15) is 4.79 Å². The number of hydrogen-bond donors (Lipinski definition) is 0. The molecule has 0 N–H and O–H groups in total. The number of tetrazole rings is 1. The fourth-order valence-corrected chi connectivity index (χ4v) is 4.61. The number of aromatic nitrogens is 4. The van der Waals surface area contributed by atoms with Crippen molar-refractivity contribution < 1.29 is 14.3 Å². The molecular weight excluding hydrogens is 394 g/mol. The molecule has 1 spiro atoms. The number of hydrogen-bond acceptors (Lipinski definition) is 6. The number of likely N-dealkylation sites (tertiary alicyclic amines) is 1. The Bertz CT molecular complexity index is 1100. The second-order valence-corrected chi connectivity index (χ2v) is 8.09. The number of methoxy groups -OCH3 is 1. The van der Waals surface area contributed by atoms with Crippen LogP contribution >= 0.6 is 0 Å². The Morgan fingerprint density at radius 1 is 1.13 bits per heavy atom. The van der Waals surface area contributed by atoms with E-state index in [1.165, 1.54) is 15.9 Å². The van der Waals surface area contributed by atoms with E-state index in [1.807, 2.05) is 35.2 Å². The number of piperidine rings is 1. The highest BCUT2D eigenvalue weighted by Gasteiger charge is 2.41. The molecule has 31 heavy (non-hydrogen) atoms. The zero-order valence-electron chi connectivity index (χ0n) is 17.7. The molecule has 5 rings (SSSR count). The molecule has 1 saturated heterocycles. The number of benzene rings is 2. The van der Waals surface area contributed by atoms with Crippen molar-refractivity contribution in [2.45, 2.75) is 24.9 Å². The first-order valence-electron chi connectivity index (χ1n) is 10.5. The van der Waals surface area contributed by atoms with E-state index in [-0.39, 0.29) is 11.5 Å². The molecule has 8 nitrogen and oxygen atoms in total. The Labute approximate surface area is 180 Å². The highest BCUT2D eigenvalue weighted by atomic mass is 16.5. The summed E-state index contributed by atoms with van der Waals surface area (Å²) < 4.78 is 11.7. The van der Waals surface area contributed by atoms with Gasteiger partial charge in [-0.3, -0.25) is 4.79 Å². The van der Waals surface area contributed by atoms with Gasteiger partial charge in [0.25, 0.3) is 5.91 Å². The molecule has 0 unspecified atom stereocenters. The molecule has 1 fully saturated rings. The monoisotopic (exact) mass is 419 g/mol. The van der Waals surface area contributed by atoms with Crippen molar-refractivity contribution in [1.82, 2.24) is 25.1 Å². The topological polar surface area (TPSA) is 82.4 Å². The van der Waals surface area contributed by atoms with Gasteiger partial charge >= 0.3 is 0 Å². The maximum atomic E-state index is 13.1. The molecule has 2 aliphatic heterocycles. The van der Waals surface area contributed by atoms with Crippen molar-refractivity contribution in [2.75, 3.05) is 26.8 Å². The SMILES string of the molecule is COc1ccc2c(c1)CCOC21CCN(C(=O)c2ccc(-c3nnn(C)n3)cc2)CC1. The molecule has 8 heteroatoms. The van der Waals surface area contributed by atoms with E-state index in [4.69, 9.17) is 9.47 Å². The number of fused-ring (bicyclic) bond motifs is 2. The first-order valence-corrected chi connectivity index (χ1v) is 10.5. The summed E-state index contributed by atoms with van der Waals surface area (Å²) in [5.74, 6) is 1.47. The molecule has 0 bridgehead atoms. The Morgan fingerprint density at radius 3 is 2.58 bits per heavy atom. The zero-order chi connectivity index (χ0) is 21.4. The molecule has 0 aliphatic carbocycles. The second kappa shape index (κ2) is 7.77. The van der Waals surface area contributed by atoms with Gasteiger partial charge in [0.1, 0.15) is 5.75 Å². The third-order valence-electron chi connectivity index (χ3n) is 6.31. The first kappa shape index (κ1) is 19.7. The summed E-state index contributed by atoms with van der Waals surface area (Å²) in [6.07, 6.45) is 2.48. The maximum Gasteiger partial charge on any atom is 0.253 e. The second-order valence-electron chi connectivity index (χ2n) is 8.09. The summed E-state index contributed by atoms with van der Waals surface area (Å²) in [7, 11) is 3.42. The highest BCUT2D eigenvalue weighted by Crippen LogP contribution is 2.42. The van der Waals surface area contributed by atoms with Crippen molar-refractivity contribution in [2.24, 2.45) is 7.05 Å². The van der Waals surface area contributed by atoms with Crippen molar-refractivity contribution >= 4 is 5.91 Å². The smallest absolute Gasteiger partial charge is 0.253 e. The lowest BCUT2D eigenvalue weighted by molar-refractivity contribution is -0.0935. The van der Waals surface area contributed by atoms with E-state index >= 15 is 0 Å². The van der Waals surface area contributed by atoms with Crippen molar-refractivity contribution in [3.63, 3.8) is 0 Å². The van der Waals surface area contributed by atoms with E-state index in [2.05, 4.69) is 27.5 Å². The van der Waals surface area contributed by atoms with Crippen LogP contribution in [0.4, 0.5) is 0 Å². The summed E-state index contributed by atoms with van der Waals surface area (Å²) in [6.45, 7) is 2.03. The third kappa shape index (κ3) is 3.57. The Hall–Kier alpha value is -3.26. The molecule has 2 aromatic carbocycles. The van der Waals surface area contributed by atoms with Gasteiger partial charge in [-0.25, -0.2) is 0 Å². The summed E-state index contributed by atoms with van der Waals surface area (Å²) >= 11 is 0. The van der Waals surface area contributed by atoms with Gasteiger partial charge in [-0.2, -0.15) is 4.80 Å². The quantitative estimate of drug-likeness (QED) is 0.649. The van der Waals surface area contributed by atoms with Crippen LogP contribution < -0.4 is 4.74 Å². The van der Waals surface area contributed by atoms with Crippen LogP contribution in [-0.2, 0) is 23.8 Å². The molecule has 1 amide bonds. The van der Waals surface area contributed by atoms with Gasteiger partial charge in [-0.15, -0.1) is 10.2 Å². The molecule has 3 heterocycles. The lowest BCUT2D eigenvalue weighted by Gasteiger charge is -2.45. The maximum absolute atomic E-state index is 13.1. The number of ether oxygens (including phenoxy) is 2. The lowest BCUT2D eigenvalue weighted by atomic mass is 9.79. The Morgan fingerprint density at radius 2 is 1.90 bits per heavy atom. The average Bonchev–Trinajstić information content (AvgIpc) is 3.25. The molecule has 0 saturated carbocycles. The van der Waals surface area contributed by atoms with E-state index < -0.39 is 0 Å². The van der Waals surface area contributed by atoms with Crippen LogP contribution in [0.2, 0.25) is 0 Å². The number of nitrogens with zero attached hydrogens (tertiary/aromatic N) is 5. The van der Waals surface area contributed by atoms with E-state index in [0.717, 1.165) is 30.6 Å². The predicted molar refractivity (Wildman–Crippen MR) is 114 cm³/mol. The van der Waals surface area contributed by atoms with Crippen LogP contribution in [-0.4, -0.2) is 57.8 Å². The molecule has 0 atom stereocenters. The molecule has 0 radical (unpaired) electrons. The van der Waals surface area contributed by atoms with E-state index in [0.29, 0.717) is 31.1 Å². The molecule has 1 aromatic heterocycles. The predicted octanol–water partition coefficient (Wildman–Crippen LogP) is 2.59. The van der Waals surface area contributed by atoms with Crippen LogP contribution in [0.15, 0.2) is 42.5 Å². The van der Waals surface area contributed by atoms with Crippen LogP contribution in [0.25, 0.3) is 11.4 Å². The molecular formula is C23H25N5O3. The fraction of sp³-hybridized carbons (Fsp3) is 0.391. The first-order chi connectivity index (χ1) is 15.1. The number of rotatable bonds is 3. The van der Waals surface area contributed by atoms with Gasteiger partial charge in [0.05, 0.1) is 26.4 Å². The molecule has 2 aliphatic rings. The van der Waals surface area contributed by atoms with Crippen molar-refractivity contribution in [1.29, 1.82) is 0 Å². The lowest BCUT2D eigenvalue weighted by Crippen LogP contribution is -2.48. The minimum Gasteiger partial charge on any atom is -0.497 e. The minimum atomic E-state index is -0.307. The fourth-order valence-electron chi connectivity index (χ4n) is 4.61. The average molecular weight is 419 g/mol. The number of aryl methyl sites for hydroxylation is 1. The summed E-state index contributed by atoms with van der Waals surface area (Å²) in [4.78, 5) is 16.4. The highest BCUT2D eigenvalue weighted by molar-refractivity contribution is 5.94. The van der Waals surface area contributed by atoms with Crippen LogP contribution in [0.5, 0.6) is 5.75 Å². The normalized spacial score (nSPS) is 17.4. The van der Waals surface area contributed by atoms with Crippen molar-refractivity contribution in [3.8, 4) is 17.1 Å². The largest absolute Gasteiger partial charge is 0.497 e. The summed E-state index contributed by atoms with van der Waals surface area (Å²) in [5.41, 5.74) is 3.73. The van der Waals surface area contributed by atoms with E-state index in [1.54, 1.807) is 14.2 Å².